The van der Waals surface area contributed by atoms with E-state index in [-0.39, 0.29) is 0 Å². The molecule has 1 aromatic heterocycles. The summed E-state index contributed by atoms with van der Waals surface area (Å²) in [7, 11) is 11.2. The molecule has 0 radical (unpaired) electrons. The molecule has 0 spiro atoms. The minimum absolute atomic E-state index is 0.660. The van der Waals surface area contributed by atoms with Crippen molar-refractivity contribution in [1.29, 1.82) is 0 Å². The van der Waals surface area contributed by atoms with Gasteiger partial charge in [-0.15, -0.1) is 16.4 Å². The molecule has 0 atom stereocenters. The topological polar surface area (TPSA) is 38.7 Å². The standard InChI is InChI=1S/C39H30B5N3/c40-32-31(33(41)35(43)36(44)34(32)42)26-13-9-23-12-16-29(20-30(23)19-26)39-46-37(27-14-10-21-5-1-3-7-24(21)17-27)45-38(47-39)28-15-11-22-6-2-4-8-25(22)18-28/h1-20H,40-44H2. The molecule has 0 N–H and O–H groups in total. The molecule has 8 aromatic rings. The third kappa shape index (κ3) is 5.15. The average molecular weight is 595 g/mol. The predicted molar refractivity (Wildman–Crippen MR) is 215 cm³/mol. The van der Waals surface area contributed by atoms with Crippen LogP contribution in [0.2, 0.25) is 0 Å². The smallest absolute Gasteiger partial charge is 0.164 e. The van der Waals surface area contributed by atoms with Gasteiger partial charge in [-0.05, 0) is 67.7 Å². The third-order valence-corrected chi connectivity index (χ3v) is 10.0. The Balaban J connectivity index is 1.31. The molecule has 3 nitrogen and oxygen atoms in total. The van der Waals surface area contributed by atoms with E-state index in [1.807, 2.05) is 0 Å². The molecule has 8 rings (SSSR count). The van der Waals surface area contributed by atoms with Gasteiger partial charge < -0.3 is 0 Å². The molecule has 0 saturated heterocycles. The Morgan fingerprint density at radius 1 is 0.298 bits per heavy atom. The number of rotatable bonds is 4. The molecule has 1 heterocycles. The second kappa shape index (κ2) is 11.5. The Morgan fingerprint density at radius 3 is 1.06 bits per heavy atom. The molecule has 7 aromatic carbocycles. The van der Waals surface area contributed by atoms with E-state index in [9.17, 15) is 0 Å². The van der Waals surface area contributed by atoms with Crippen LogP contribution in [0.1, 0.15) is 0 Å². The van der Waals surface area contributed by atoms with Crippen LogP contribution >= 0.6 is 0 Å². The monoisotopic (exact) mass is 595 g/mol. The van der Waals surface area contributed by atoms with Gasteiger partial charge in [0.15, 0.2) is 17.5 Å². The van der Waals surface area contributed by atoms with Gasteiger partial charge in [0.2, 0.25) is 0 Å². The minimum Gasteiger partial charge on any atom is -0.208 e. The van der Waals surface area contributed by atoms with Crippen LogP contribution in [0.15, 0.2) is 121 Å². The van der Waals surface area contributed by atoms with Crippen LogP contribution in [0, 0.1) is 0 Å². The van der Waals surface area contributed by atoms with Crippen molar-refractivity contribution in [2.75, 3.05) is 0 Å². The number of hydrogen-bond donors (Lipinski definition) is 0. The second-order valence-electron chi connectivity index (χ2n) is 12.7. The van der Waals surface area contributed by atoms with Crippen molar-refractivity contribution >= 4 is 98.9 Å². The normalized spacial score (nSPS) is 11.4. The fourth-order valence-corrected chi connectivity index (χ4v) is 6.89. The summed E-state index contributed by atoms with van der Waals surface area (Å²) in [6.45, 7) is 0. The third-order valence-electron chi connectivity index (χ3n) is 10.0. The van der Waals surface area contributed by atoms with Crippen molar-refractivity contribution in [2.24, 2.45) is 0 Å². The summed E-state index contributed by atoms with van der Waals surface area (Å²) in [6.07, 6.45) is 0. The molecule has 0 bridgehead atoms. The summed E-state index contributed by atoms with van der Waals surface area (Å²) in [6, 6.07) is 42.9. The maximum absolute atomic E-state index is 5.09. The highest BCUT2D eigenvalue weighted by atomic mass is 15.0. The maximum Gasteiger partial charge on any atom is 0.164 e. The molecule has 8 heteroatoms. The van der Waals surface area contributed by atoms with Gasteiger partial charge in [-0.25, -0.2) is 15.0 Å². The first-order valence-corrected chi connectivity index (χ1v) is 16.2. The molecule has 0 fully saturated rings. The van der Waals surface area contributed by atoms with Gasteiger partial charge in [0.05, 0.1) is 0 Å². The van der Waals surface area contributed by atoms with Gasteiger partial charge in [0.1, 0.15) is 39.2 Å². The van der Waals surface area contributed by atoms with Crippen molar-refractivity contribution in [2.45, 2.75) is 0 Å². The van der Waals surface area contributed by atoms with Gasteiger partial charge in [-0.1, -0.05) is 108 Å². The van der Waals surface area contributed by atoms with Crippen molar-refractivity contribution < 1.29 is 0 Å². The fraction of sp³-hybridized carbons (Fsp3) is 0. The van der Waals surface area contributed by atoms with E-state index >= 15 is 0 Å². The van der Waals surface area contributed by atoms with Gasteiger partial charge in [-0.2, -0.15) is 0 Å². The Hall–Kier alpha value is -5.35. The Bertz CT molecular complexity index is 2420. The van der Waals surface area contributed by atoms with Crippen molar-refractivity contribution in [3.8, 4) is 45.3 Å². The molecule has 0 aliphatic heterocycles. The van der Waals surface area contributed by atoms with E-state index in [1.54, 1.807) is 0 Å². The summed E-state index contributed by atoms with van der Waals surface area (Å²) in [4.78, 5) is 15.2. The van der Waals surface area contributed by atoms with Gasteiger partial charge in [-0.3, -0.25) is 0 Å². The number of aromatic nitrogens is 3. The van der Waals surface area contributed by atoms with Crippen LogP contribution in [-0.4, -0.2) is 54.2 Å². The maximum atomic E-state index is 5.09. The Morgan fingerprint density at radius 2 is 0.617 bits per heavy atom. The first-order valence-electron chi connectivity index (χ1n) is 16.2. The first kappa shape index (κ1) is 29.1. The van der Waals surface area contributed by atoms with Crippen LogP contribution in [0.5, 0.6) is 0 Å². The highest BCUT2D eigenvalue weighted by Crippen LogP contribution is 2.31. The van der Waals surface area contributed by atoms with Crippen LogP contribution in [-0.2, 0) is 0 Å². The lowest BCUT2D eigenvalue weighted by molar-refractivity contribution is 1.08. The van der Waals surface area contributed by atoms with E-state index in [2.05, 4.69) is 161 Å². The number of nitrogens with zero attached hydrogens (tertiary/aromatic N) is 3. The van der Waals surface area contributed by atoms with Crippen molar-refractivity contribution in [1.82, 2.24) is 15.0 Å². The molecular formula is C39H30B5N3. The van der Waals surface area contributed by atoms with Crippen LogP contribution < -0.4 is 27.3 Å². The van der Waals surface area contributed by atoms with Crippen molar-refractivity contribution in [3.05, 3.63) is 121 Å². The molecule has 0 unspecified atom stereocenters. The quantitative estimate of drug-likeness (QED) is 0.289. The summed E-state index contributed by atoms with van der Waals surface area (Å²) in [5, 5.41) is 7.04. The zero-order chi connectivity index (χ0) is 32.2. The summed E-state index contributed by atoms with van der Waals surface area (Å²) in [5.74, 6) is 1.98. The number of fused-ring (bicyclic) bond motifs is 3. The molecule has 0 amide bonds. The van der Waals surface area contributed by atoms with Crippen molar-refractivity contribution in [3.63, 3.8) is 0 Å². The first-order chi connectivity index (χ1) is 22.8. The number of hydrogen-bond acceptors (Lipinski definition) is 3. The molecule has 0 aliphatic rings. The highest BCUT2D eigenvalue weighted by Gasteiger charge is 2.16. The van der Waals surface area contributed by atoms with Gasteiger partial charge in [0.25, 0.3) is 0 Å². The molecule has 0 saturated carbocycles. The van der Waals surface area contributed by atoms with E-state index in [0.29, 0.717) is 17.5 Å². The van der Waals surface area contributed by atoms with Crippen LogP contribution in [0.4, 0.5) is 0 Å². The van der Waals surface area contributed by atoms with Crippen LogP contribution in [0.25, 0.3) is 77.6 Å². The Labute approximate surface area is 279 Å². The minimum atomic E-state index is 0.660. The molecule has 47 heavy (non-hydrogen) atoms. The lowest BCUT2D eigenvalue weighted by atomic mass is 9.59. The summed E-state index contributed by atoms with van der Waals surface area (Å²) in [5.41, 5.74) is 12.3. The van der Waals surface area contributed by atoms with E-state index in [0.717, 1.165) is 32.8 Å². The summed E-state index contributed by atoms with van der Waals surface area (Å²) < 4.78 is 0. The Kier molecular flexibility index (Phi) is 7.10. The van der Waals surface area contributed by atoms with E-state index in [1.165, 1.54) is 54.6 Å². The largest absolute Gasteiger partial charge is 0.208 e. The zero-order valence-corrected chi connectivity index (χ0v) is 27.4. The van der Waals surface area contributed by atoms with Gasteiger partial charge >= 0.3 is 0 Å². The van der Waals surface area contributed by atoms with Gasteiger partial charge in [0, 0.05) is 16.7 Å². The lowest BCUT2D eigenvalue weighted by Crippen LogP contribution is -2.55. The SMILES string of the molecule is Bc1c(B)c(B)c(-c2ccc3ccc(-c4nc(-c5ccc6ccccc6c5)nc(-c5ccc6ccccc6c5)n4)cc3c2)c(B)c1B. The molecule has 216 valence electrons. The average Bonchev–Trinajstić information content (AvgIpc) is 3.12. The van der Waals surface area contributed by atoms with E-state index < -0.39 is 0 Å². The zero-order valence-electron chi connectivity index (χ0n) is 27.4. The predicted octanol–water partition coefficient (Wildman–Crippen LogP) is 1.29. The lowest BCUT2D eigenvalue weighted by Gasteiger charge is -2.20. The second-order valence-corrected chi connectivity index (χ2v) is 12.7. The molecular weight excluding hydrogens is 565 g/mol. The van der Waals surface area contributed by atoms with E-state index in [4.69, 9.17) is 15.0 Å². The van der Waals surface area contributed by atoms with Crippen LogP contribution in [0.3, 0.4) is 0 Å². The fourth-order valence-electron chi connectivity index (χ4n) is 6.89. The number of benzene rings is 7. The highest BCUT2D eigenvalue weighted by molar-refractivity contribution is 6.68. The summed E-state index contributed by atoms with van der Waals surface area (Å²) >= 11 is 0. The molecule has 0 aliphatic carbocycles.